The molecule has 0 spiro atoms. The van der Waals surface area contributed by atoms with E-state index in [1.54, 1.807) is 32.3 Å². The number of nitrogens with one attached hydrogen (secondary N) is 2. The van der Waals surface area contributed by atoms with Crippen LogP contribution in [-0.2, 0) is 14.8 Å². The fraction of sp³-hybridized carbons (Fsp3) is 0.643. The zero-order chi connectivity index (χ0) is 16.2. The molecule has 1 saturated carbocycles. The van der Waals surface area contributed by atoms with Crippen LogP contribution in [0.1, 0.15) is 39.5 Å². The second-order valence-corrected chi connectivity index (χ2v) is 8.09. The first-order valence-electron chi connectivity index (χ1n) is 7.47. The summed E-state index contributed by atoms with van der Waals surface area (Å²) in [5.74, 6) is 0.0788. The maximum Gasteiger partial charge on any atom is 0.229 e. The van der Waals surface area contributed by atoms with Crippen molar-refractivity contribution in [3.05, 3.63) is 18.5 Å². The van der Waals surface area contributed by atoms with Crippen LogP contribution in [0.4, 0.5) is 5.95 Å². The zero-order valence-electron chi connectivity index (χ0n) is 12.8. The monoisotopic (exact) mass is 326 g/mol. The average molecular weight is 326 g/mol. The minimum absolute atomic E-state index is 0.0792. The van der Waals surface area contributed by atoms with Gasteiger partial charge in [0.2, 0.25) is 21.9 Å². The number of carbonyl (C=O) groups excluding carboxylic acids is 1. The molecule has 1 amide bonds. The molecule has 1 aromatic heterocycles. The highest BCUT2D eigenvalue weighted by atomic mass is 32.2. The molecule has 0 radical (unpaired) electrons. The summed E-state index contributed by atoms with van der Waals surface area (Å²) in [4.78, 5) is 20.1. The smallest absolute Gasteiger partial charge is 0.229 e. The second kappa shape index (κ2) is 7.15. The number of amides is 1. The van der Waals surface area contributed by atoms with Crippen LogP contribution in [-0.4, -0.2) is 35.6 Å². The van der Waals surface area contributed by atoms with Gasteiger partial charge in [-0.2, -0.15) is 0 Å². The molecule has 1 aliphatic carbocycles. The summed E-state index contributed by atoms with van der Waals surface area (Å²) >= 11 is 0. The van der Waals surface area contributed by atoms with Gasteiger partial charge in [-0.25, -0.2) is 23.1 Å². The van der Waals surface area contributed by atoms with E-state index < -0.39 is 15.3 Å². The SMILES string of the molecule is CC(C)S(=O)(=O)NC1CCC(C(=O)Nc2ncccn2)CC1. The van der Waals surface area contributed by atoms with Crippen LogP contribution in [0.3, 0.4) is 0 Å². The molecular formula is C14H22N4O3S. The van der Waals surface area contributed by atoms with Crippen LogP contribution in [0.2, 0.25) is 0 Å². The van der Waals surface area contributed by atoms with Crippen LogP contribution in [0, 0.1) is 5.92 Å². The molecule has 0 unspecified atom stereocenters. The molecule has 22 heavy (non-hydrogen) atoms. The van der Waals surface area contributed by atoms with Crippen LogP contribution in [0.5, 0.6) is 0 Å². The summed E-state index contributed by atoms with van der Waals surface area (Å²) in [6.45, 7) is 3.31. The normalized spacial score (nSPS) is 22.5. The van der Waals surface area contributed by atoms with Crippen LogP contribution < -0.4 is 10.0 Å². The van der Waals surface area contributed by atoms with E-state index in [9.17, 15) is 13.2 Å². The molecule has 0 aromatic carbocycles. The van der Waals surface area contributed by atoms with Crippen molar-refractivity contribution in [2.45, 2.75) is 50.8 Å². The Bertz CT molecular complexity index is 596. The highest BCUT2D eigenvalue weighted by Crippen LogP contribution is 2.26. The quantitative estimate of drug-likeness (QED) is 0.849. The molecule has 7 nitrogen and oxygen atoms in total. The van der Waals surface area contributed by atoms with Crippen molar-refractivity contribution >= 4 is 21.9 Å². The molecule has 0 aliphatic heterocycles. The maximum absolute atomic E-state index is 12.1. The number of nitrogens with zero attached hydrogens (tertiary/aromatic N) is 2. The molecule has 0 bridgehead atoms. The number of sulfonamides is 1. The lowest BCUT2D eigenvalue weighted by Gasteiger charge is -2.28. The van der Waals surface area contributed by atoms with Crippen molar-refractivity contribution in [1.29, 1.82) is 0 Å². The first-order valence-corrected chi connectivity index (χ1v) is 9.02. The lowest BCUT2D eigenvalue weighted by Crippen LogP contribution is -2.42. The third kappa shape index (κ3) is 4.48. The van der Waals surface area contributed by atoms with Gasteiger partial charge in [-0.15, -0.1) is 0 Å². The first-order chi connectivity index (χ1) is 10.4. The van der Waals surface area contributed by atoms with E-state index in [1.807, 2.05) is 0 Å². The van der Waals surface area contributed by atoms with Gasteiger partial charge in [0.15, 0.2) is 0 Å². The minimum atomic E-state index is -3.25. The van der Waals surface area contributed by atoms with Crippen LogP contribution >= 0.6 is 0 Å². The number of aromatic nitrogens is 2. The van der Waals surface area contributed by atoms with Crippen molar-refractivity contribution in [2.75, 3.05) is 5.32 Å². The van der Waals surface area contributed by atoms with E-state index in [0.717, 1.165) is 0 Å². The van der Waals surface area contributed by atoms with E-state index in [2.05, 4.69) is 20.0 Å². The Hall–Kier alpha value is -1.54. The Labute approximate surface area is 131 Å². The van der Waals surface area contributed by atoms with Crippen molar-refractivity contribution in [3.8, 4) is 0 Å². The molecule has 1 aliphatic rings. The number of hydrogen-bond acceptors (Lipinski definition) is 5. The van der Waals surface area contributed by atoms with E-state index in [0.29, 0.717) is 31.6 Å². The fourth-order valence-corrected chi connectivity index (χ4v) is 3.39. The summed E-state index contributed by atoms with van der Waals surface area (Å²) < 4.78 is 26.4. The lowest BCUT2D eigenvalue weighted by molar-refractivity contribution is -0.120. The summed E-state index contributed by atoms with van der Waals surface area (Å²) in [6.07, 6.45) is 5.79. The summed E-state index contributed by atoms with van der Waals surface area (Å²) in [5, 5.41) is 2.25. The Morgan fingerprint density at radius 3 is 2.32 bits per heavy atom. The van der Waals surface area contributed by atoms with E-state index in [-0.39, 0.29) is 17.9 Å². The van der Waals surface area contributed by atoms with Gasteiger partial charge in [-0.05, 0) is 45.6 Å². The average Bonchev–Trinajstić information content (AvgIpc) is 2.48. The molecule has 2 N–H and O–H groups in total. The van der Waals surface area contributed by atoms with Crippen molar-refractivity contribution in [2.24, 2.45) is 5.92 Å². The van der Waals surface area contributed by atoms with Crippen molar-refractivity contribution in [3.63, 3.8) is 0 Å². The maximum atomic E-state index is 12.1. The van der Waals surface area contributed by atoms with Crippen LogP contribution in [0.15, 0.2) is 18.5 Å². The molecule has 0 saturated heterocycles. The standard InChI is InChI=1S/C14H22N4O3S/c1-10(2)22(20,21)18-12-6-4-11(5-7-12)13(19)17-14-15-8-3-9-16-14/h3,8-12,18H,4-7H2,1-2H3,(H,15,16,17,19). The van der Waals surface area contributed by atoms with Crippen molar-refractivity contribution in [1.82, 2.24) is 14.7 Å². The Morgan fingerprint density at radius 1 is 1.18 bits per heavy atom. The Morgan fingerprint density at radius 2 is 1.77 bits per heavy atom. The highest BCUT2D eigenvalue weighted by Gasteiger charge is 2.29. The molecule has 1 heterocycles. The molecular weight excluding hydrogens is 304 g/mol. The number of carbonyl (C=O) groups is 1. The van der Waals surface area contributed by atoms with Gasteiger partial charge in [0.25, 0.3) is 0 Å². The predicted molar refractivity (Wildman–Crippen MR) is 83.6 cm³/mol. The molecule has 122 valence electrons. The van der Waals surface area contributed by atoms with Crippen LogP contribution in [0.25, 0.3) is 0 Å². The minimum Gasteiger partial charge on any atom is -0.294 e. The molecule has 1 aromatic rings. The van der Waals surface area contributed by atoms with Gasteiger partial charge in [0.05, 0.1) is 5.25 Å². The lowest BCUT2D eigenvalue weighted by atomic mass is 9.86. The van der Waals surface area contributed by atoms with Gasteiger partial charge < -0.3 is 0 Å². The second-order valence-electron chi connectivity index (χ2n) is 5.82. The molecule has 8 heteroatoms. The fourth-order valence-electron chi connectivity index (χ4n) is 2.42. The van der Waals surface area contributed by atoms with Gasteiger partial charge in [-0.1, -0.05) is 0 Å². The summed E-state index contributed by atoms with van der Waals surface area (Å²) in [5.41, 5.74) is 0. The first kappa shape index (κ1) is 16.8. The van der Waals surface area contributed by atoms with E-state index in [4.69, 9.17) is 0 Å². The third-order valence-corrected chi connectivity index (χ3v) is 5.75. The summed E-state index contributed by atoms with van der Waals surface area (Å²) in [6, 6.07) is 1.60. The van der Waals surface area contributed by atoms with E-state index >= 15 is 0 Å². The van der Waals surface area contributed by atoms with E-state index in [1.165, 1.54) is 0 Å². The Balaban J connectivity index is 1.83. The Kier molecular flexibility index (Phi) is 5.47. The molecule has 2 rings (SSSR count). The zero-order valence-corrected chi connectivity index (χ0v) is 13.6. The molecule has 0 atom stereocenters. The highest BCUT2D eigenvalue weighted by molar-refractivity contribution is 7.90. The van der Waals surface area contributed by atoms with Gasteiger partial charge >= 0.3 is 0 Å². The largest absolute Gasteiger partial charge is 0.294 e. The predicted octanol–water partition coefficient (Wildman–Crippen LogP) is 1.30. The van der Waals surface area contributed by atoms with Gasteiger partial charge in [-0.3, -0.25) is 10.1 Å². The summed E-state index contributed by atoms with van der Waals surface area (Å²) in [7, 11) is -3.25. The third-order valence-electron chi connectivity index (χ3n) is 3.85. The number of rotatable bonds is 5. The van der Waals surface area contributed by atoms with Gasteiger partial charge in [0.1, 0.15) is 0 Å². The number of hydrogen-bond donors (Lipinski definition) is 2. The topological polar surface area (TPSA) is 101 Å². The molecule has 1 fully saturated rings. The van der Waals surface area contributed by atoms with Gasteiger partial charge in [0, 0.05) is 24.4 Å². The number of anilines is 1. The van der Waals surface area contributed by atoms with Crippen molar-refractivity contribution < 1.29 is 13.2 Å².